The summed E-state index contributed by atoms with van der Waals surface area (Å²) in [6.07, 6.45) is 0.894. The van der Waals surface area contributed by atoms with Crippen molar-refractivity contribution >= 4 is 11.5 Å². The zero-order valence-electron chi connectivity index (χ0n) is 12.1. The first-order valence-electron chi connectivity index (χ1n) is 6.55. The van der Waals surface area contributed by atoms with E-state index in [4.69, 9.17) is 20.4 Å². The molecule has 0 saturated heterocycles. The summed E-state index contributed by atoms with van der Waals surface area (Å²) in [5, 5.41) is 11.9. The number of para-hydroxylation sites is 1. The lowest BCUT2D eigenvalue weighted by Crippen LogP contribution is -2.24. The number of anilines is 1. The fourth-order valence-corrected chi connectivity index (χ4v) is 1.85. The second-order valence-corrected chi connectivity index (χ2v) is 4.38. The van der Waals surface area contributed by atoms with Gasteiger partial charge in [0.15, 0.2) is 5.84 Å². The van der Waals surface area contributed by atoms with Gasteiger partial charge in [0.25, 0.3) is 0 Å². The minimum Gasteiger partial charge on any atom is -0.409 e. The average molecular weight is 281 g/mol. The van der Waals surface area contributed by atoms with Crippen LogP contribution < -0.4 is 10.6 Å². The number of benzene rings is 1. The second-order valence-electron chi connectivity index (χ2n) is 4.38. The van der Waals surface area contributed by atoms with Crippen molar-refractivity contribution < 1.29 is 14.7 Å². The highest BCUT2D eigenvalue weighted by Gasteiger charge is 2.09. The van der Waals surface area contributed by atoms with Crippen LogP contribution in [-0.4, -0.2) is 51.6 Å². The lowest BCUT2D eigenvalue weighted by Gasteiger charge is -2.22. The van der Waals surface area contributed by atoms with Gasteiger partial charge in [-0.25, -0.2) is 0 Å². The minimum atomic E-state index is 0.115. The first kappa shape index (κ1) is 16.3. The van der Waals surface area contributed by atoms with E-state index in [9.17, 15) is 0 Å². The molecular formula is C14H23N3O3. The van der Waals surface area contributed by atoms with Crippen LogP contribution in [0, 0.1) is 0 Å². The number of hydrogen-bond acceptors (Lipinski definition) is 5. The smallest absolute Gasteiger partial charge is 0.172 e. The van der Waals surface area contributed by atoms with Crippen LogP contribution in [0.1, 0.15) is 12.0 Å². The molecule has 20 heavy (non-hydrogen) atoms. The lowest BCUT2D eigenvalue weighted by atomic mass is 10.1. The van der Waals surface area contributed by atoms with E-state index < -0.39 is 0 Å². The van der Waals surface area contributed by atoms with Gasteiger partial charge in [-0.3, -0.25) is 0 Å². The van der Waals surface area contributed by atoms with Gasteiger partial charge in [-0.15, -0.1) is 0 Å². The normalized spacial score (nSPS) is 11.6. The number of oxime groups is 1. The maximum Gasteiger partial charge on any atom is 0.172 e. The van der Waals surface area contributed by atoms with E-state index in [1.807, 2.05) is 31.3 Å². The standard InChI is InChI=1S/C14H23N3O3/c1-17(8-5-9-20-11-10-19-2)13-7-4-3-6-12(13)14(15)16-18/h3-4,6-7,18H,5,8-11H2,1-2H3,(H2,15,16). The Labute approximate surface area is 119 Å². The van der Waals surface area contributed by atoms with Crippen LogP contribution in [-0.2, 0) is 9.47 Å². The molecule has 6 heteroatoms. The van der Waals surface area contributed by atoms with E-state index in [-0.39, 0.29) is 5.84 Å². The Morgan fingerprint density at radius 3 is 2.75 bits per heavy atom. The van der Waals surface area contributed by atoms with Gasteiger partial charge in [-0.05, 0) is 18.6 Å². The molecule has 0 atom stereocenters. The molecule has 0 aromatic heterocycles. The minimum absolute atomic E-state index is 0.115. The number of amidine groups is 1. The van der Waals surface area contributed by atoms with Crippen molar-refractivity contribution in [1.29, 1.82) is 0 Å². The summed E-state index contributed by atoms with van der Waals surface area (Å²) in [6, 6.07) is 7.56. The molecule has 1 aromatic carbocycles. The molecule has 0 saturated carbocycles. The van der Waals surface area contributed by atoms with Gasteiger partial charge in [0.2, 0.25) is 0 Å². The van der Waals surface area contributed by atoms with Crippen LogP contribution in [0.2, 0.25) is 0 Å². The summed E-state index contributed by atoms with van der Waals surface area (Å²) in [5.41, 5.74) is 7.33. The zero-order chi connectivity index (χ0) is 14.8. The van der Waals surface area contributed by atoms with E-state index in [2.05, 4.69) is 10.1 Å². The van der Waals surface area contributed by atoms with Crippen molar-refractivity contribution in [3.05, 3.63) is 29.8 Å². The molecule has 1 rings (SSSR count). The van der Waals surface area contributed by atoms with Crippen molar-refractivity contribution in [1.82, 2.24) is 0 Å². The number of nitrogens with two attached hydrogens (primary N) is 1. The molecular weight excluding hydrogens is 258 g/mol. The van der Waals surface area contributed by atoms with Crippen molar-refractivity contribution in [2.75, 3.05) is 45.4 Å². The first-order valence-corrected chi connectivity index (χ1v) is 6.55. The van der Waals surface area contributed by atoms with Crippen LogP contribution in [0.5, 0.6) is 0 Å². The van der Waals surface area contributed by atoms with Gasteiger partial charge >= 0.3 is 0 Å². The third-order valence-electron chi connectivity index (χ3n) is 2.91. The highest BCUT2D eigenvalue weighted by Crippen LogP contribution is 2.18. The number of methoxy groups -OCH3 is 1. The van der Waals surface area contributed by atoms with Gasteiger partial charge in [-0.1, -0.05) is 17.3 Å². The molecule has 0 spiro atoms. The van der Waals surface area contributed by atoms with E-state index >= 15 is 0 Å². The Bertz CT molecular complexity index is 424. The van der Waals surface area contributed by atoms with Gasteiger partial charge in [0.1, 0.15) is 0 Å². The molecule has 0 bridgehead atoms. The van der Waals surface area contributed by atoms with Gasteiger partial charge < -0.3 is 25.3 Å². The second kappa shape index (κ2) is 9.17. The van der Waals surface area contributed by atoms with Crippen molar-refractivity contribution in [3.8, 4) is 0 Å². The predicted molar refractivity (Wildman–Crippen MR) is 79.5 cm³/mol. The summed E-state index contributed by atoms with van der Waals surface area (Å²) in [4.78, 5) is 2.06. The highest BCUT2D eigenvalue weighted by molar-refractivity contribution is 6.02. The Balaban J connectivity index is 2.49. The summed E-state index contributed by atoms with van der Waals surface area (Å²) < 4.78 is 10.3. The maximum absolute atomic E-state index is 8.80. The third-order valence-corrected chi connectivity index (χ3v) is 2.91. The Hall–Kier alpha value is -1.79. The first-order chi connectivity index (χ1) is 9.70. The van der Waals surface area contributed by atoms with Crippen LogP contribution in [0.3, 0.4) is 0 Å². The zero-order valence-corrected chi connectivity index (χ0v) is 12.1. The van der Waals surface area contributed by atoms with E-state index in [0.717, 1.165) is 24.2 Å². The fourth-order valence-electron chi connectivity index (χ4n) is 1.85. The molecule has 6 nitrogen and oxygen atoms in total. The van der Waals surface area contributed by atoms with Crippen molar-refractivity contribution in [2.24, 2.45) is 10.9 Å². The molecule has 0 unspecified atom stereocenters. The van der Waals surface area contributed by atoms with E-state index in [0.29, 0.717) is 19.8 Å². The molecule has 0 radical (unpaired) electrons. The quantitative estimate of drug-likeness (QED) is 0.234. The number of nitrogens with zero attached hydrogens (tertiary/aromatic N) is 2. The molecule has 112 valence electrons. The highest BCUT2D eigenvalue weighted by atomic mass is 16.5. The molecule has 3 N–H and O–H groups in total. The van der Waals surface area contributed by atoms with Crippen LogP contribution in [0.15, 0.2) is 29.4 Å². The van der Waals surface area contributed by atoms with Crippen LogP contribution >= 0.6 is 0 Å². The van der Waals surface area contributed by atoms with Crippen LogP contribution in [0.25, 0.3) is 0 Å². The number of ether oxygens (including phenoxy) is 2. The van der Waals surface area contributed by atoms with Gasteiger partial charge in [0.05, 0.1) is 13.2 Å². The summed E-state index contributed by atoms with van der Waals surface area (Å²) in [7, 11) is 3.62. The molecule has 1 aromatic rings. The average Bonchev–Trinajstić information content (AvgIpc) is 2.49. The molecule has 0 aliphatic heterocycles. The van der Waals surface area contributed by atoms with Crippen molar-refractivity contribution in [2.45, 2.75) is 6.42 Å². The lowest BCUT2D eigenvalue weighted by molar-refractivity contribution is 0.0701. The van der Waals surface area contributed by atoms with E-state index in [1.165, 1.54) is 0 Å². The molecule has 0 amide bonds. The molecule has 0 aliphatic carbocycles. The van der Waals surface area contributed by atoms with Gasteiger partial charge in [-0.2, -0.15) is 0 Å². The topological polar surface area (TPSA) is 80.3 Å². The number of rotatable bonds is 9. The van der Waals surface area contributed by atoms with E-state index in [1.54, 1.807) is 7.11 Å². The Morgan fingerprint density at radius 2 is 2.05 bits per heavy atom. The number of hydrogen-bond donors (Lipinski definition) is 2. The SMILES string of the molecule is COCCOCCCN(C)c1ccccc1/C(N)=N/O. The largest absolute Gasteiger partial charge is 0.409 e. The predicted octanol–water partition coefficient (Wildman–Crippen LogP) is 1.27. The fraction of sp³-hybridized carbons (Fsp3) is 0.500. The summed E-state index contributed by atoms with van der Waals surface area (Å²) in [6.45, 7) is 2.73. The molecule has 0 fully saturated rings. The van der Waals surface area contributed by atoms with Gasteiger partial charge in [0, 0.05) is 38.6 Å². The summed E-state index contributed by atoms with van der Waals surface area (Å²) >= 11 is 0. The Morgan fingerprint density at radius 1 is 1.30 bits per heavy atom. The third kappa shape index (κ3) is 5.07. The monoisotopic (exact) mass is 281 g/mol. The molecule has 0 aliphatic rings. The maximum atomic E-state index is 8.80. The summed E-state index contributed by atoms with van der Waals surface area (Å²) in [5.74, 6) is 0.115. The van der Waals surface area contributed by atoms with Crippen molar-refractivity contribution in [3.63, 3.8) is 0 Å². The molecule has 0 heterocycles. The van der Waals surface area contributed by atoms with Crippen LogP contribution in [0.4, 0.5) is 5.69 Å². The Kier molecular flexibility index (Phi) is 7.46.